The zero-order valence-corrected chi connectivity index (χ0v) is 11.2. The molecule has 3 N–H and O–H groups in total. The molecule has 0 atom stereocenters. The molecule has 2 aromatic rings. The van der Waals surface area contributed by atoms with Crippen LogP contribution >= 0.6 is 0 Å². The van der Waals surface area contributed by atoms with E-state index < -0.39 is 0 Å². The van der Waals surface area contributed by atoms with E-state index in [-0.39, 0.29) is 5.84 Å². The third-order valence-corrected chi connectivity index (χ3v) is 3.57. The highest BCUT2D eigenvalue weighted by molar-refractivity contribution is 5.92. The monoisotopic (exact) mass is 267 g/mol. The minimum atomic E-state index is -0.0367. The van der Waals surface area contributed by atoms with Crippen molar-refractivity contribution in [3.8, 4) is 11.5 Å². The van der Waals surface area contributed by atoms with Crippen molar-refractivity contribution in [2.75, 3.05) is 0 Å². The fourth-order valence-corrected chi connectivity index (χ4v) is 2.51. The largest absolute Gasteiger partial charge is 0.456 e. The lowest BCUT2D eigenvalue weighted by molar-refractivity contribution is 0.478. The number of amidine groups is 1. The number of nitrogens with zero attached hydrogens (tertiary/aromatic N) is 1. The van der Waals surface area contributed by atoms with Gasteiger partial charge in [-0.25, -0.2) is 4.98 Å². The van der Waals surface area contributed by atoms with Gasteiger partial charge >= 0.3 is 0 Å². The number of pyridine rings is 1. The number of nitrogens with one attached hydrogen (secondary N) is 1. The Hall–Kier alpha value is -2.36. The predicted octanol–water partition coefficient (Wildman–Crippen LogP) is 3.04. The molecule has 0 amide bonds. The Morgan fingerprint density at radius 1 is 1.05 bits per heavy atom. The summed E-state index contributed by atoms with van der Waals surface area (Å²) in [6.07, 6.45) is 6.43. The van der Waals surface area contributed by atoms with Gasteiger partial charge in [-0.2, -0.15) is 0 Å². The van der Waals surface area contributed by atoms with Crippen molar-refractivity contribution >= 4 is 5.84 Å². The van der Waals surface area contributed by atoms with E-state index in [0.717, 1.165) is 12.2 Å². The van der Waals surface area contributed by atoms with Gasteiger partial charge in [0.25, 0.3) is 0 Å². The molecular weight excluding hydrogens is 250 g/mol. The maximum absolute atomic E-state index is 7.31. The minimum Gasteiger partial charge on any atom is -0.456 e. The van der Waals surface area contributed by atoms with Crippen LogP contribution < -0.4 is 10.5 Å². The summed E-state index contributed by atoms with van der Waals surface area (Å²) < 4.78 is 5.81. The smallest absolute Gasteiger partial charge is 0.145 e. The van der Waals surface area contributed by atoms with E-state index in [9.17, 15) is 0 Å². The first-order valence-electron chi connectivity index (χ1n) is 6.82. The molecule has 0 unspecified atom stereocenters. The number of ether oxygens (including phenoxy) is 1. The molecule has 0 radical (unpaired) electrons. The van der Waals surface area contributed by atoms with Crippen molar-refractivity contribution in [3.63, 3.8) is 0 Å². The van der Waals surface area contributed by atoms with Gasteiger partial charge in [-0.15, -0.1) is 0 Å². The Labute approximate surface area is 118 Å². The number of benzene rings is 1. The average Bonchev–Trinajstić information content (AvgIpc) is 2.48. The molecule has 4 heteroatoms. The van der Waals surface area contributed by atoms with E-state index in [2.05, 4.69) is 17.1 Å². The van der Waals surface area contributed by atoms with Gasteiger partial charge in [0.1, 0.15) is 23.0 Å². The molecule has 0 bridgehead atoms. The molecule has 3 rings (SSSR count). The fourth-order valence-electron chi connectivity index (χ4n) is 2.51. The van der Waals surface area contributed by atoms with Crippen LogP contribution in [-0.4, -0.2) is 10.8 Å². The standard InChI is InChI=1S/C16H17N3O/c17-16(18)15-8-7-14(10-19-15)20-13-6-5-11-3-1-2-4-12(11)9-13/h5-10H,1-4H2,(H3,17,18). The molecule has 0 fully saturated rings. The van der Waals surface area contributed by atoms with Crippen molar-refractivity contribution in [2.45, 2.75) is 25.7 Å². The summed E-state index contributed by atoms with van der Waals surface area (Å²) in [5.74, 6) is 1.46. The number of nitrogen functional groups attached to an aromatic ring is 1. The number of aromatic nitrogens is 1. The lowest BCUT2D eigenvalue weighted by atomic mass is 9.92. The van der Waals surface area contributed by atoms with Crippen LogP contribution in [0.3, 0.4) is 0 Å². The number of hydrogen-bond acceptors (Lipinski definition) is 3. The zero-order chi connectivity index (χ0) is 13.9. The second-order valence-corrected chi connectivity index (χ2v) is 5.03. The van der Waals surface area contributed by atoms with E-state index >= 15 is 0 Å². The Morgan fingerprint density at radius 2 is 1.80 bits per heavy atom. The lowest BCUT2D eigenvalue weighted by Gasteiger charge is -2.16. The predicted molar refractivity (Wildman–Crippen MR) is 78.4 cm³/mol. The van der Waals surface area contributed by atoms with Crippen molar-refractivity contribution in [3.05, 3.63) is 53.3 Å². The highest BCUT2D eigenvalue weighted by Gasteiger charge is 2.10. The van der Waals surface area contributed by atoms with Crippen LogP contribution in [0.5, 0.6) is 11.5 Å². The number of rotatable bonds is 3. The molecule has 1 aromatic carbocycles. The molecule has 1 aliphatic rings. The summed E-state index contributed by atoms with van der Waals surface area (Å²) in [6, 6.07) is 9.75. The lowest BCUT2D eigenvalue weighted by Crippen LogP contribution is -2.12. The molecule has 20 heavy (non-hydrogen) atoms. The summed E-state index contributed by atoms with van der Waals surface area (Å²) in [7, 11) is 0. The molecule has 1 aromatic heterocycles. The SMILES string of the molecule is N=C(N)c1ccc(Oc2ccc3c(c2)CCCC3)cn1. The van der Waals surface area contributed by atoms with Gasteiger partial charge in [0.05, 0.1) is 6.20 Å². The number of fused-ring (bicyclic) bond motifs is 1. The third-order valence-electron chi connectivity index (χ3n) is 3.57. The Bertz CT molecular complexity index is 635. The second-order valence-electron chi connectivity index (χ2n) is 5.03. The van der Waals surface area contributed by atoms with Crippen LogP contribution in [0, 0.1) is 5.41 Å². The van der Waals surface area contributed by atoms with Crippen LogP contribution in [0.1, 0.15) is 29.7 Å². The van der Waals surface area contributed by atoms with Crippen LogP contribution in [-0.2, 0) is 12.8 Å². The van der Waals surface area contributed by atoms with Crippen molar-refractivity contribution in [2.24, 2.45) is 5.73 Å². The second kappa shape index (κ2) is 5.33. The third kappa shape index (κ3) is 2.64. The number of aryl methyl sites for hydroxylation is 2. The first kappa shape index (κ1) is 12.7. The molecule has 102 valence electrons. The fraction of sp³-hybridized carbons (Fsp3) is 0.250. The van der Waals surface area contributed by atoms with E-state index in [0.29, 0.717) is 11.4 Å². The van der Waals surface area contributed by atoms with Crippen LogP contribution in [0.2, 0.25) is 0 Å². The van der Waals surface area contributed by atoms with Gasteiger partial charge in [-0.1, -0.05) is 6.07 Å². The maximum atomic E-state index is 7.31. The molecule has 4 nitrogen and oxygen atoms in total. The molecule has 1 aliphatic carbocycles. The first-order valence-corrected chi connectivity index (χ1v) is 6.82. The van der Waals surface area contributed by atoms with Gasteiger partial charge in [0.2, 0.25) is 0 Å². The molecule has 1 heterocycles. The van der Waals surface area contributed by atoms with Crippen LogP contribution in [0.15, 0.2) is 36.5 Å². The Balaban J connectivity index is 1.78. The quantitative estimate of drug-likeness (QED) is 0.663. The molecule has 0 spiro atoms. The Morgan fingerprint density at radius 3 is 2.50 bits per heavy atom. The summed E-state index contributed by atoms with van der Waals surface area (Å²) in [6.45, 7) is 0. The molecule has 0 aliphatic heterocycles. The van der Waals surface area contributed by atoms with Crippen molar-refractivity contribution < 1.29 is 4.74 Å². The van der Waals surface area contributed by atoms with Crippen molar-refractivity contribution in [1.82, 2.24) is 4.98 Å². The van der Waals surface area contributed by atoms with Gasteiger partial charge in [-0.3, -0.25) is 5.41 Å². The molecular formula is C16H17N3O. The van der Waals surface area contributed by atoms with Gasteiger partial charge in [0, 0.05) is 0 Å². The Kier molecular flexibility index (Phi) is 3.37. The molecule has 0 saturated heterocycles. The van der Waals surface area contributed by atoms with E-state index in [1.54, 1.807) is 18.3 Å². The molecule has 0 saturated carbocycles. The normalized spacial score (nSPS) is 13.6. The first-order chi connectivity index (χ1) is 9.72. The zero-order valence-electron chi connectivity index (χ0n) is 11.2. The van der Waals surface area contributed by atoms with E-state index in [1.165, 1.54) is 30.4 Å². The maximum Gasteiger partial charge on any atom is 0.145 e. The van der Waals surface area contributed by atoms with Gasteiger partial charge in [0.15, 0.2) is 0 Å². The summed E-state index contributed by atoms with van der Waals surface area (Å²) >= 11 is 0. The topological polar surface area (TPSA) is 72.0 Å². The minimum absolute atomic E-state index is 0.0367. The van der Waals surface area contributed by atoms with Crippen LogP contribution in [0.4, 0.5) is 0 Å². The average molecular weight is 267 g/mol. The number of nitrogens with two attached hydrogens (primary N) is 1. The van der Waals surface area contributed by atoms with Crippen molar-refractivity contribution in [1.29, 1.82) is 5.41 Å². The highest BCUT2D eigenvalue weighted by atomic mass is 16.5. The summed E-state index contributed by atoms with van der Waals surface area (Å²) in [5, 5.41) is 7.31. The number of hydrogen-bond donors (Lipinski definition) is 2. The summed E-state index contributed by atoms with van der Waals surface area (Å²) in [4.78, 5) is 4.09. The van der Waals surface area contributed by atoms with E-state index in [1.807, 2.05) is 6.07 Å². The van der Waals surface area contributed by atoms with Crippen LogP contribution in [0.25, 0.3) is 0 Å². The highest BCUT2D eigenvalue weighted by Crippen LogP contribution is 2.28. The summed E-state index contributed by atoms with van der Waals surface area (Å²) in [5.41, 5.74) is 8.66. The van der Waals surface area contributed by atoms with E-state index in [4.69, 9.17) is 15.9 Å². The van der Waals surface area contributed by atoms with Gasteiger partial charge in [-0.05, 0) is 61.1 Å². The van der Waals surface area contributed by atoms with Gasteiger partial charge < -0.3 is 10.5 Å².